The molecular formula is C31H24BrNO6. The first-order valence-electron chi connectivity index (χ1n) is 12.7. The lowest BCUT2D eigenvalue weighted by Gasteiger charge is -2.41. The molecule has 0 aromatic heterocycles. The van der Waals surface area contributed by atoms with Gasteiger partial charge in [-0.3, -0.25) is 24.1 Å². The summed E-state index contributed by atoms with van der Waals surface area (Å²) in [6.45, 7) is 0. The molecule has 4 atom stereocenters. The molecule has 1 heterocycles. The van der Waals surface area contributed by atoms with E-state index in [1.807, 2.05) is 24.3 Å². The zero-order valence-corrected chi connectivity index (χ0v) is 22.6. The average molecular weight is 586 g/mol. The Labute approximate surface area is 233 Å². The third-order valence-electron chi connectivity index (χ3n) is 8.08. The number of carbonyl (C=O) groups excluding carboxylic acids is 4. The molecule has 1 saturated heterocycles. The van der Waals surface area contributed by atoms with Gasteiger partial charge in [-0.25, -0.2) is 0 Å². The van der Waals surface area contributed by atoms with Crippen LogP contribution in [0, 0.1) is 23.7 Å². The van der Waals surface area contributed by atoms with Crippen LogP contribution in [0.25, 0.3) is 6.08 Å². The van der Waals surface area contributed by atoms with E-state index in [0.717, 1.165) is 11.1 Å². The van der Waals surface area contributed by atoms with Gasteiger partial charge in [0.2, 0.25) is 11.8 Å². The van der Waals surface area contributed by atoms with E-state index in [1.54, 1.807) is 36.4 Å². The Morgan fingerprint density at radius 3 is 2.54 bits per heavy atom. The van der Waals surface area contributed by atoms with Crippen molar-refractivity contribution < 1.29 is 29.0 Å². The van der Waals surface area contributed by atoms with Crippen LogP contribution in [0.15, 0.2) is 88.0 Å². The maximum Gasteiger partial charge on any atom is 0.238 e. The van der Waals surface area contributed by atoms with Crippen molar-refractivity contribution in [3.63, 3.8) is 0 Å². The molecule has 0 radical (unpaired) electrons. The molecule has 4 aliphatic rings. The summed E-state index contributed by atoms with van der Waals surface area (Å²) in [6, 6.07) is 13.8. The summed E-state index contributed by atoms with van der Waals surface area (Å²) in [7, 11) is 1.46. The number of imide groups is 1. The SMILES string of the molecule is COc1cc(C=C[C@H]2C3=CC[C@@H]4C(=O)N(c5ccccc5)C(=O)[C@@H]4[C@@H]3CC3=C2C(=O)C=C(Br)C3=O)ccc1O. The van der Waals surface area contributed by atoms with Gasteiger partial charge in [-0.05, 0) is 64.5 Å². The molecule has 0 unspecified atom stereocenters. The van der Waals surface area contributed by atoms with Crippen LogP contribution in [0.2, 0.25) is 0 Å². The topological polar surface area (TPSA) is 101 Å². The molecule has 2 aromatic carbocycles. The van der Waals surface area contributed by atoms with Crippen LogP contribution in [0.5, 0.6) is 11.5 Å². The lowest BCUT2D eigenvalue weighted by atomic mass is 9.61. The van der Waals surface area contributed by atoms with Gasteiger partial charge in [0.25, 0.3) is 0 Å². The summed E-state index contributed by atoms with van der Waals surface area (Å²) in [5.74, 6) is -2.79. The van der Waals surface area contributed by atoms with Gasteiger partial charge in [-0.1, -0.05) is 48.1 Å². The van der Waals surface area contributed by atoms with Crippen LogP contribution in [0.4, 0.5) is 5.69 Å². The van der Waals surface area contributed by atoms with Crippen molar-refractivity contribution in [2.45, 2.75) is 12.8 Å². The normalized spacial score (nSPS) is 26.4. The third-order valence-corrected chi connectivity index (χ3v) is 8.67. The van der Waals surface area contributed by atoms with Crippen molar-refractivity contribution >= 4 is 51.1 Å². The number of allylic oxidation sites excluding steroid dienone is 7. The van der Waals surface area contributed by atoms with Crippen LogP contribution in [-0.4, -0.2) is 35.6 Å². The van der Waals surface area contributed by atoms with Crippen LogP contribution in [0.3, 0.4) is 0 Å². The Hall–Kier alpha value is -4.04. The van der Waals surface area contributed by atoms with E-state index in [9.17, 15) is 24.3 Å². The Balaban J connectivity index is 1.43. The molecule has 2 aromatic rings. The summed E-state index contributed by atoms with van der Waals surface area (Å²) >= 11 is 3.24. The second kappa shape index (κ2) is 9.61. The average Bonchev–Trinajstić information content (AvgIpc) is 3.20. The summed E-state index contributed by atoms with van der Waals surface area (Å²) in [5, 5.41) is 9.96. The number of amides is 2. The van der Waals surface area contributed by atoms with Crippen molar-refractivity contribution in [2.24, 2.45) is 23.7 Å². The van der Waals surface area contributed by atoms with Gasteiger partial charge in [0.15, 0.2) is 23.1 Å². The number of fused-ring (bicyclic) bond motifs is 3. The highest BCUT2D eigenvalue weighted by Crippen LogP contribution is 2.53. The fraction of sp³-hybridized carbons (Fsp3) is 0.226. The van der Waals surface area contributed by atoms with E-state index in [4.69, 9.17) is 4.74 Å². The standard InChI is InChI=1S/C31H24BrNO6/c1-39-26-13-16(8-12-24(26)34)7-9-19-18-10-11-20-28(31(38)33(30(20)37)17-5-3-2-4-6-17)21(18)14-22-27(19)25(35)15-23(32)29(22)36/h2-10,12-13,15,19-21,28,34H,11,14H2,1H3/t19-,20-,21+,28-/m0/s1. The van der Waals surface area contributed by atoms with Crippen LogP contribution >= 0.6 is 15.9 Å². The van der Waals surface area contributed by atoms with Crippen LogP contribution < -0.4 is 9.64 Å². The van der Waals surface area contributed by atoms with Gasteiger partial charge in [-0.2, -0.15) is 0 Å². The van der Waals surface area contributed by atoms with E-state index in [2.05, 4.69) is 15.9 Å². The summed E-state index contributed by atoms with van der Waals surface area (Å²) in [5.41, 5.74) is 2.93. The highest BCUT2D eigenvalue weighted by atomic mass is 79.9. The number of ketones is 2. The first kappa shape index (κ1) is 25.2. The molecule has 0 bridgehead atoms. The predicted molar refractivity (Wildman–Crippen MR) is 148 cm³/mol. The number of methoxy groups -OCH3 is 1. The van der Waals surface area contributed by atoms with Crippen LogP contribution in [0.1, 0.15) is 18.4 Å². The highest BCUT2D eigenvalue weighted by Gasteiger charge is 2.56. The van der Waals surface area contributed by atoms with Crippen molar-refractivity contribution in [3.05, 3.63) is 93.5 Å². The van der Waals surface area contributed by atoms with Crippen LogP contribution in [-0.2, 0) is 19.2 Å². The molecule has 8 heteroatoms. The summed E-state index contributed by atoms with van der Waals surface area (Å²) in [4.78, 5) is 55.0. The number of ether oxygens (including phenoxy) is 1. The molecule has 1 fully saturated rings. The minimum Gasteiger partial charge on any atom is -0.504 e. The fourth-order valence-corrected chi connectivity index (χ4v) is 6.77. The van der Waals surface area contributed by atoms with E-state index in [1.165, 1.54) is 24.2 Å². The largest absolute Gasteiger partial charge is 0.504 e. The highest BCUT2D eigenvalue weighted by molar-refractivity contribution is 9.12. The number of benzene rings is 2. The predicted octanol–water partition coefficient (Wildman–Crippen LogP) is 4.91. The van der Waals surface area contributed by atoms with Gasteiger partial charge in [-0.15, -0.1) is 0 Å². The molecule has 2 amide bonds. The Morgan fingerprint density at radius 1 is 1.03 bits per heavy atom. The van der Waals surface area contributed by atoms with E-state index in [0.29, 0.717) is 29.0 Å². The number of anilines is 1. The zero-order chi connectivity index (χ0) is 27.4. The molecule has 1 aliphatic heterocycles. The number of hydrogen-bond acceptors (Lipinski definition) is 6. The minimum atomic E-state index is -0.621. The number of hydrogen-bond donors (Lipinski definition) is 1. The Morgan fingerprint density at radius 2 is 1.79 bits per heavy atom. The lowest BCUT2D eigenvalue weighted by Crippen LogP contribution is -2.40. The number of aromatic hydroxyl groups is 1. The minimum absolute atomic E-state index is 0.00818. The Kier molecular flexibility index (Phi) is 6.22. The van der Waals surface area contributed by atoms with E-state index >= 15 is 0 Å². The number of rotatable bonds is 4. The number of phenolic OH excluding ortho intramolecular Hbond substituents is 1. The van der Waals surface area contributed by atoms with E-state index in [-0.39, 0.29) is 40.0 Å². The molecule has 6 rings (SSSR count). The number of para-hydroxylation sites is 1. The lowest BCUT2D eigenvalue weighted by molar-refractivity contribution is -0.123. The molecule has 39 heavy (non-hydrogen) atoms. The fourth-order valence-electron chi connectivity index (χ4n) is 6.32. The first-order valence-corrected chi connectivity index (χ1v) is 13.5. The van der Waals surface area contributed by atoms with Crippen molar-refractivity contribution in [3.8, 4) is 11.5 Å². The van der Waals surface area contributed by atoms with Crippen molar-refractivity contribution in [1.82, 2.24) is 0 Å². The second-order valence-electron chi connectivity index (χ2n) is 10.1. The number of carbonyl (C=O) groups is 4. The number of Topliss-reactive ketones (excluding diaryl/α,β-unsaturated/α-hetero) is 1. The molecule has 7 nitrogen and oxygen atoms in total. The monoisotopic (exact) mass is 585 g/mol. The molecule has 3 aliphatic carbocycles. The van der Waals surface area contributed by atoms with E-state index < -0.39 is 23.7 Å². The molecule has 0 saturated carbocycles. The summed E-state index contributed by atoms with van der Waals surface area (Å²) in [6.07, 6.45) is 7.55. The first-order chi connectivity index (χ1) is 18.8. The quantitative estimate of drug-likeness (QED) is 0.311. The number of halogens is 1. The van der Waals surface area contributed by atoms with Crippen molar-refractivity contribution in [1.29, 1.82) is 0 Å². The zero-order valence-electron chi connectivity index (χ0n) is 21.0. The second-order valence-corrected chi connectivity index (χ2v) is 10.9. The molecule has 196 valence electrons. The third kappa shape index (κ3) is 4.01. The van der Waals surface area contributed by atoms with Gasteiger partial charge >= 0.3 is 0 Å². The van der Waals surface area contributed by atoms with Gasteiger partial charge in [0.1, 0.15) is 0 Å². The van der Waals surface area contributed by atoms with Crippen molar-refractivity contribution in [2.75, 3.05) is 12.0 Å². The number of phenols is 1. The maximum absolute atomic E-state index is 13.8. The number of nitrogens with zero attached hydrogens (tertiary/aromatic N) is 1. The van der Waals surface area contributed by atoms with Gasteiger partial charge in [0.05, 0.1) is 29.1 Å². The maximum atomic E-state index is 13.8. The molecule has 1 N–H and O–H groups in total. The van der Waals surface area contributed by atoms with Gasteiger partial charge in [0, 0.05) is 23.1 Å². The molecule has 0 spiro atoms. The molecular weight excluding hydrogens is 562 g/mol. The smallest absolute Gasteiger partial charge is 0.238 e. The summed E-state index contributed by atoms with van der Waals surface area (Å²) < 4.78 is 5.41. The van der Waals surface area contributed by atoms with Gasteiger partial charge < -0.3 is 9.84 Å². The Bertz CT molecular complexity index is 1570.